The molecule has 3 aromatic rings. The zero-order chi connectivity index (χ0) is 21.0. The van der Waals surface area contributed by atoms with Gasteiger partial charge in [-0.3, -0.25) is 4.98 Å². The Labute approximate surface area is 193 Å². The van der Waals surface area contributed by atoms with Crippen LogP contribution in [0.25, 0.3) is 22.2 Å². The minimum atomic E-state index is 0.437. The third kappa shape index (κ3) is 3.47. The molecule has 2 aromatic heterocycles. The summed E-state index contributed by atoms with van der Waals surface area (Å²) in [7, 11) is 0. The van der Waals surface area contributed by atoms with Crippen LogP contribution in [0.15, 0.2) is 41.1 Å². The van der Waals surface area contributed by atoms with Gasteiger partial charge in [0.25, 0.3) is 0 Å². The van der Waals surface area contributed by atoms with Crippen LogP contribution in [0.2, 0.25) is 0 Å². The molecule has 4 heteroatoms. The van der Waals surface area contributed by atoms with Crippen LogP contribution in [0.3, 0.4) is 0 Å². The molecular weight excluding hydrogens is 446 g/mol. The van der Waals surface area contributed by atoms with Crippen LogP contribution in [-0.2, 0) is 11.8 Å². The molecule has 4 fully saturated rings. The fourth-order valence-electron chi connectivity index (χ4n) is 7.54. The number of aromatic amines is 1. The number of nitrogens with one attached hydrogen (secondary N) is 1. The van der Waals surface area contributed by atoms with Crippen LogP contribution in [0.5, 0.6) is 0 Å². The summed E-state index contributed by atoms with van der Waals surface area (Å²) in [5.74, 6) is 2.92. The van der Waals surface area contributed by atoms with Crippen LogP contribution < -0.4 is 5.73 Å². The number of pyridine rings is 1. The molecule has 0 aliphatic heterocycles. The Morgan fingerprint density at radius 3 is 2.42 bits per heavy atom. The predicted molar refractivity (Wildman–Crippen MR) is 131 cm³/mol. The number of fused-ring (bicyclic) bond motifs is 1. The normalized spacial score (nSPS) is 29.2. The molecule has 0 amide bonds. The van der Waals surface area contributed by atoms with Crippen LogP contribution in [-0.4, -0.2) is 16.5 Å². The van der Waals surface area contributed by atoms with Crippen molar-refractivity contribution in [1.29, 1.82) is 0 Å². The van der Waals surface area contributed by atoms with Gasteiger partial charge in [-0.2, -0.15) is 0 Å². The Balaban J connectivity index is 1.45. The van der Waals surface area contributed by atoms with Gasteiger partial charge in [-0.05, 0) is 133 Å². The van der Waals surface area contributed by atoms with Crippen molar-refractivity contribution >= 4 is 26.8 Å². The molecule has 0 spiro atoms. The summed E-state index contributed by atoms with van der Waals surface area (Å²) in [4.78, 5) is 8.17. The molecule has 31 heavy (non-hydrogen) atoms. The molecule has 3 nitrogen and oxygen atoms in total. The lowest BCUT2D eigenvalue weighted by Gasteiger charge is -2.57. The van der Waals surface area contributed by atoms with Gasteiger partial charge in [-0.1, -0.05) is 6.07 Å². The van der Waals surface area contributed by atoms with E-state index in [0.29, 0.717) is 5.41 Å². The SMILES string of the molecule is NCCCCc1c(-c2cncc(Br)c2)[nH]c2ccc(C34CC5CC(CC(C5)C3)C4)cc12. The summed E-state index contributed by atoms with van der Waals surface area (Å²) in [6.07, 6.45) is 15.8. The predicted octanol–water partition coefficient (Wildman–Crippen LogP) is 6.74. The van der Waals surface area contributed by atoms with Gasteiger partial charge in [0.15, 0.2) is 0 Å². The molecule has 3 N–H and O–H groups in total. The quantitative estimate of drug-likeness (QED) is 0.386. The maximum absolute atomic E-state index is 5.82. The summed E-state index contributed by atoms with van der Waals surface area (Å²) in [6.45, 7) is 0.759. The second-order valence-corrected chi connectivity index (χ2v) is 11.5. The van der Waals surface area contributed by atoms with Gasteiger partial charge in [0.2, 0.25) is 0 Å². The van der Waals surface area contributed by atoms with Crippen molar-refractivity contribution in [3.8, 4) is 11.3 Å². The maximum Gasteiger partial charge on any atom is 0.0513 e. The molecule has 162 valence electrons. The van der Waals surface area contributed by atoms with Crippen molar-refractivity contribution in [2.45, 2.75) is 63.2 Å². The highest BCUT2D eigenvalue weighted by Crippen LogP contribution is 2.61. The number of aromatic nitrogens is 2. The maximum atomic E-state index is 5.82. The van der Waals surface area contributed by atoms with E-state index in [9.17, 15) is 0 Å². The summed E-state index contributed by atoms with van der Waals surface area (Å²) in [5, 5.41) is 1.42. The van der Waals surface area contributed by atoms with Gasteiger partial charge < -0.3 is 10.7 Å². The summed E-state index contributed by atoms with van der Waals surface area (Å²) < 4.78 is 1.02. The summed E-state index contributed by atoms with van der Waals surface area (Å²) >= 11 is 3.60. The van der Waals surface area contributed by atoms with E-state index in [2.05, 4.69) is 50.2 Å². The number of nitrogens with two attached hydrogens (primary N) is 1. The summed E-state index contributed by atoms with van der Waals surface area (Å²) in [6, 6.07) is 9.53. The number of halogens is 1. The molecule has 0 saturated heterocycles. The van der Waals surface area contributed by atoms with Gasteiger partial charge in [0.1, 0.15) is 0 Å². The van der Waals surface area contributed by atoms with Crippen molar-refractivity contribution in [1.82, 2.24) is 9.97 Å². The van der Waals surface area contributed by atoms with E-state index in [1.54, 1.807) is 5.56 Å². The van der Waals surface area contributed by atoms with E-state index in [4.69, 9.17) is 5.73 Å². The zero-order valence-corrected chi connectivity index (χ0v) is 19.8. The minimum absolute atomic E-state index is 0.437. The molecular formula is C27H32BrN3. The first-order valence-corrected chi connectivity index (χ1v) is 12.9. The number of nitrogens with zero attached hydrogens (tertiary/aromatic N) is 1. The third-order valence-corrected chi connectivity index (χ3v) is 8.86. The molecule has 4 aliphatic rings. The lowest BCUT2D eigenvalue weighted by atomic mass is 9.48. The van der Waals surface area contributed by atoms with Crippen molar-refractivity contribution in [2.75, 3.05) is 6.54 Å². The standard InChI is InChI=1S/C27H32BrN3/c28-22-10-20(15-30-16-22)26-23(3-1-2-6-29)24-11-21(4-5-25(24)31-26)27-12-17-7-18(13-27)9-19(8-17)14-27/h4-5,10-11,15-19,31H,1-3,6-9,12-14,29H2. The van der Waals surface area contributed by atoms with Crippen LogP contribution >= 0.6 is 15.9 Å². The van der Waals surface area contributed by atoms with Gasteiger partial charge >= 0.3 is 0 Å². The first-order chi connectivity index (χ1) is 15.1. The Kier molecular flexibility index (Phi) is 4.99. The van der Waals surface area contributed by atoms with Crippen LogP contribution in [0.1, 0.15) is 62.5 Å². The Hall–Kier alpha value is -1.65. The number of unbranched alkanes of at least 4 members (excludes halogenated alkanes) is 1. The average molecular weight is 478 g/mol. The average Bonchev–Trinajstić information content (AvgIpc) is 3.11. The fourth-order valence-corrected chi connectivity index (χ4v) is 7.91. The monoisotopic (exact) mass is 477 g/mol. The van der Waals surface area contributed by atoms with E-state index in [1.807, 2.05) is 12.4 Å². The van der Waals surface area contributed by atoms with Gasteiger partial charge in [0.05, 0.1) is 5.69 Å². The van der Waals surface area contributed by atoms with Crippen molar-refractivity contribution < 1.29 is 0 Å². The van der Waals surface area contributed by atoms with E-state index in [-0.39, 0.29) is 0 Å². The Bertz CT molecular complexity index is 1080. The molecule has 0 unspecified atom stereocenters. The number of H-pyrrole nitrogens is 1. The lowest BCUT2D eigenvalue weighted by Crippen LogP contribution is -2.48. The van der Waals surface area contributed by atoms with E-state index in [1.165, 1.54) is 60.7 Å². The number of rotatable bonds is 6. The topological polar surface area (TPSA) is 54.7 Å². The molecule has 2 heterocycles. The van der Waals surface area contributed by atoms with Gasteiger partial charge in [-0.15, -0.1) is 0 Å². The highest BCUT2D eigenvalue weighted by atomic mass is 79.9. The largest absolute Gasteiger partial charge is 0.354 e. The Morgan fingerprint density at radius 1 is 1.00 bits per heavy atom. The summed E-state index contributed by atoms with van der Waals surface area (Å²) in [5.41, 5.74) is 12.9. The van der Waals surface area contributed by atoms with E-state index >= 15 is 0 Å². The molecule has 0 atom stereocenters. The fraction of sp³-hybridized carbons (Fsp3) is 0.519. The zero-order valence-electron chi connectivity index (χ0n) is 18.2. The first kappa shape index (κ1) is 20.0. The molecule has 4 aliphatic carbocycles. The molecule has 7 rings (SSSR count). The number of aryl methyl sites for hydroxylation is 1. The first-order valence-electron chi connectivity index (χ1n) is 12.1. The number of benzene rings is 1. The second kappa shape index (κ2) is 7.74. The molecule has 1 aromatic carbocycles. The highest BCUT2D eigenvalue weighted by Gasteiger charge is 2.51. The third-order valence-electron chi connectivity index (χ3n) is 8.43. The van der Waals surface area contributed by atoms with Crippen LogP contribution in [0, 0.1) is 17.8 Å². The highest BCUT2D eigenvalue weighted by molar-refractivity contribution is 9.10. The van der Waals surface area contributed by atoms with Crippen molar-refractivity contribution in [3.63, 3.8) is 0 Å². The second-order valence-electron chi connectivity index (χ2n) is 10.6. The van der Waals surface area contributed by atoms with Crippen molar-refractivity contribution in [2.24, 2.45) is 23.5 Å². The Morgan fingerprint density at radius 2 is 1.74 bits per heavy atom. The van der Waals surface area contributed by atoms with Gasteiger partial charge in [-0.25, -0.2) is 0 Å². The molecule has 4 saturated carbocycles. The van der Waals surface area contributed by atoms with E-state index < -0.39 is 0 Å². The van der Waals surface area contributed by atoms with E-state index in [0.717, 1.165) is 53.6 Å². The number of hydrogen-bond donors (Lipinski definition) is 2. The molecule has 0 radical (unpaired) electrons. The smallest absolute Gasteiger partial charge is 0.0513 e. The minimum Gasteiger partial charge on any atom is -0.354 e. The van der Waals surface area contributed by atoms with Crippen LogP contribution in [0.4, 0.5) is 0 Å². The van der Waals surface area contributed by atoms with Gasteiger partial charge in [0, 0.05) is 33.3 Å². The van der Waals surface area contributed by atoms with Crippen molar-refractivity contribution in [3.05, 3.63) is 52.3 Å². The number of hydrogen-bond acceptors (Lipinski definition) is 2. The lowest BCUT2D eigenvalue weighted by molar-refractivity contribution is -0.00513. The molecule has 4 bridgehead atoms.